The van der Waals surface area contributed by atoms with Gasteiger partial charge < -0.3 is 10.1 Å². The summed E-state index contributed by atoms with van der Waals surface area (Å²) in [6.45, 7) is 0. The van der Waals surface area contributed by atoms with Gasteiger partial charge in [-0.1, -0.05) is 12.1 Å². The van der Waals surface area contributed by atoms with Gasteiger partial charge in [0.2, 0.25) is 5.91 Å². The van der Waals surface area contributed by atoms with E-state index in [1.54, 1.807) is 25.3 Å². The van der Waals surface area contributed by atoms with Crippen molar-refractivity contribution in [2.24, 2.45) is 0 Å². The molecular formula is C17H15FN4O2. The fourth-order valence-corrected chi connectivity index (χ4v) is 2.28. The van der Waals surface area contributed by atoms with Gasteiger partial charge in [0, 0.05) is 5.69 Å². The molecule has 0 fully saturated rings. The van der Waals surface area contributed by atoms with E-state index in [1.165, 1.54) is 29.5 Å². The maximum Gasteiger partial charge on any atom is 0.228 e. The number of ether oxygens (including phenoxy) is 1. The van der Waals surface area contributed by atoms with Gasteiger partial charge in [-0.3, -0.25) is 4.79 Å². The normalized spacial score (nSPS) is 10.4. The predicted molar refractivity (Wildman–Crippen MR) is 86.6 cm³/mol. The van der Waals surface area contributed by atoms with Gasteiger partial charge in [-0.15, -0.1) is 0 Å². The van der Waals surface area contributed by atoms with Crippen LogP contribution in [-0.4, -0.2) is 27.8 Å². The summed E-state index contributed by atoms with van der Waals surface area (Å²) in [4.78, 5) is 15.9. The van der Waals surface area contributed by atoms with Crippen LogP contribution in [0.3, 0.4) is 0 Å². The van der Waals surface area contributed by atoms with Gasteiger partial charge >= 0.3 is 0 Å². The largest absolute Gasteiger partial charge is 0.497 e. The highest BCUT2D eigenvalue weighted by Crippen LogP contribution is 2.18. The van der Waals surface area contributed by atoms with E-state index in [9.17, 15) is 9.18 Å². The third kappa shape index (κ3) is 3.57. The quantitative estimate of drug-likeness (QED) is 0.782. The first kappa shape index (κ1) is 15.7. The van der Waals surface area contributed by atoms with Crippen molar-refractivity contribution in [2.75, 3.05) is 12.4 Å². The summed E-state index contributed by atoms with van der Waals surface area (Å²) in [5, 5.41) is 6.55. The molecule has 1 heterocycles. The number of hydrogen-bond donors (Lipinski definition) is 1. The van der Waals surface area contributed by atoms with Gasteiger partial charge in [0.25, 0.3) is 0 Å². The van der Waals surface area contributed by atoms with Crippen molar-refractivity contribution in [3.8, 4) is 11.4 Å². The molecule has 0 saturated carbocycles. The number of hydrogen-bond acceptors (Lipinski definition) is 4. The molecule has 0 aliphatic heterocycles. The number of halogens is 1. The van der Waals surface area contributed by atoms with Crippen LogP contribution in [0.5, 0.6) is 5.75 Å². The molecule has 24 heavy (non-hydrogen) atoms. The molecule has 0 unspecified atom stereocenters. The van der Waals surface area contributed by atoms with E-state index >= 15 is 0 Å². The van der Waals surface area contributed by atoms with E-state index < -0.39 is 5.82 Å². The van der Waals surface area contributed by atoms with Gasteiger partial charge in [-0.2, -0.15) is 5.10 Å². The first-order valence-electron chi connectivity index (χ1n) is 7.23. The Labute approximate surface area is 137 Å². The van der Waals surface area contributed by atoms with Crippen molar-refractivity contribution >= 4 is 11.6 Å². The van der Waals surface area contributed by atoms with Gasteiger partial charge in [0.05, 0.1) is 13.5 Å². The zero-order valence-corrected chi connectivity index (χ0v) is 12.9. The van der Waals surface area contributed by atoms with Crippen molar-refractivity contribution in [1.82, 2.24) is 14.8 Å². The van der Waals surface area contributed by atoms with Crippen LogP contribution in [0.2, 0.25) is 0 Å². The number of nitrogens with zero attached hydrogens (tertiary/aromatic N) is 3. The summed E-state index contributed by atoms with van der Waals surface area (Å²) in [6, 6.07) is 11.6. The number of anilines is 1. The van der Waals surface area contributed by atoms with Gasteiger partial charge in [0.1, 0.15) is 24.1 Å². The molecule has 0 spiro atoms. The van der Waals surface area contributed by atoms with E-state index in [0.717, 1.165) is 5.56 Å². The minimum absolute atomic E-state index is 0.170. The van der Waals surface area contributed by atoms with E-state index in [2.05, 4.69) is 15.4 Å². The standard InChI is InChI=1S/C17H15FN4O2/c1-24-14-4-2-3-12(7-14)8-17(23)21-13-5-6-16(15(18)9-13)22-11-19-10-20-22/h2-7,9-11H,8H2,1H3,(H,21,23). The monoisotopic (exact) mass is 326 g/mol. The average molecular weight is 326 g/mol. The third-order valence-corrected chi connectivity index (χ3v) is 3.40. The van der Waals surface area contributed by atoms with Crippen LogP contribution in [0.1, 0.15) is 5.56 Å². The Bertz CT molecular complexity index is 850. The summed E-state index contributed by atoms with van der Waals surface area (Å²) < 4.78 is 20.6. The minimum Gasteiger partial charge on any atom is -0.497 e. The molecule has 1 aromatic heterocycles. The van der Waals surface area contributed by atoms with E-state index in [0.29, 0.717) is 11.4 Å². The summed E-state index contributed by atoms with van der Waals surface area (Å²) in [5.41, 5.74) is 1.45. The van der Waals surface area contributed by atoms with E-state index in [-0.39, 0.29) is 18.0 Å². The van der Waals surface area contributed by atoms with E-state index in [4.69, 9.17) is 4.74 Å². The number of benzene rings is 2. The molecule has 0 aliphatic rings. The SMILES string of the molecule is COc1cccc(CC(=O)Nc2ccc(-n3cncn3)c(F)c2)c1. The lowest BCUT2D eigenvalue weighted by atomic mass is 10.1. The zero-order valence-electron chi connectivity index (χ0n) is 12.9. The smallest absolute Gasteiger partial charge is 0.228 e. The minimum atomic E-state index is -0.500. The van der Waals surface area contributed by atoms with Crippen LogP contribution in [-0.2, 0) is 11.2 Å². The summed E-state index contributed by atoms with van der Waals surface area (Å²) in [6.07, 6.45) is 2.90. The molecule has 0 atom stereocenters. The van der Waals surface area contributed by atoms with Crippen molar-refractivity contribution in [3.63, 3.8) is 0 Å². The molecule has 0 saturated heterocycles. The lowest BCUT2D eigenvalue weighted by Crippen LogP contribution is -2.14. The number of carbonyl (C=O) groups excluding carboxylic acids is 1. The highest BCUT2D eigenvalue weighted by atomic mass is 19.1. The van der Waals surface area contributed by atoms with Crippen LogP contribution in [0.25, 0.3) is 5.69 Å². The first-order valence-corrected chi connectivity index (χ1v) is 7.23. The lowest BCUT2D eigenvalue weighted by molar-refractivity contribution is -0.115. The maximum absolute atomic E-state index is 14.1. The third-order valence-electron chi connectivity index (χ3n) is 3.40. The van der Waals surface area contributed by atoms with Crippen molar-refractivity contribution in [1.29, 1.82) is 0 Å². The topological polar surface area (TPSA) is 69.0 Å². The van der Waals surface area contributed by atoms with Crippen molar-refractivity contribution in [2.45, 2.75) is 6.42 Å². The Morgan fingerprint density at radius 3 is 2.88 bits per heavy atom. The molecular weight excluding hydrogens is 311 g/mol. The molecule has 1 N–H and O–H groups in total. The number of methoxy groups -OCH3 is 1. The first-order chi connectivity index (χ1) is 11.7. The van der Waals surface area contributed by atoms with Crippen LogP contribution in [0, 0.1) is 5.82 Å². The molecule has 2 aromatic carbocycles. The Kier molecular flexibility index (Phi) is 4.51. The second kappa shape index (κ2) is 6.91. The molecule has 0 aliphatic carbocycles. The average Bonchev–Trinajstić information content (AvgIpc) is 3.09. The molecule has 0 radical (unpaired) electrons. The van der Waals surface area contributed by atoms with Crippen LogP contribution in [0.15, 0.2) is 55.1 Å². The maximum atomic E-state index is 14.1. The fraction of sp³-hybridized carbons (Fsp3) is 0.118. The van der Waals surface area contributed by atoms with Crippen LogP contribution < -0.4 is 10.1 Å². The molecule has 1 amide bonds. The molecule has 0 bridgehead atoms. The molecule has 7 heteroatoms. The van der Waals surface area contributed by atoms with Gasteiger partial charge in [-0.05, 0) is 35.9 Å². The Balaban J connectivity index is 1.69. The molecule has 6 nitrogen and oxygen atoms in total. The number of amides is 1. The van der Waals surface area contributed by atoms with E-state index in [1.807, 2.05) is 12.1 Å². The van der Waals surface area contributed by atoms with Gasteiger partial charge in [-0.25, -0.2) is 14.1 Å². The molecule has 122 valence electrons. The Hall–Kier alpha value is -3.22. The molecule has 3 rings (SSSR count). The number of carbonyl (C=O) groups is 1. The zero-order chi connectivity index (χ0) is 16.9. The summed E-state index contributed by atoms with van der Waals surface area (Å²) >= 11 is 0. The van der Waals surface area contributed by atoms with Crippen molar-refractivity contribution in [3.05, 3.63) is 66.5 Å². The predicted octanol–water partition coefficient (Wildman–Crippen LogP) is 2.60. The highest BCUT2D eigenvalue weighted by Gasteiger charge is 2.09. The number of nitrogens with one attached hydrogen (secondary N) is 1. The second-order valence-corrected chi connectivity index (χ2v) is 5.08. The number of rotatable bonds is 5. The Morgan fingerprint density at radius 1 is 1.29 bits per heavy atom. The molecule has 3 aromatic rings. The second-order valence-electron chi connectivity index (χ2n) is 5.08. The highest BCUT2D eigenvalue weighted by molar-refractivity contribution is 5.92. The van der Waals surface area contributed by atoms with Crippen LogP contribution >= 0.6 is 0 Å². The summed E-state index contributed by atoms with van der Waals surface area (Å²) in [7, 11) is 1.57. The lowest BCUT2D eigenvalue weighted by Gasteiger charge is -2.08. The summed E-state index contributed by atoms with van der Waals surface area (Å²) in [5.74, 6) is -0.0561. The van der Waals surface area contributed by atoms with Crippen LogP contribution in [0.4, 0.5) is 10.1 Å². The number of aromatic nitrogens is 3. The van der Waals surface area contributed by atoms with Gasteiger partial charge in [0.15, 0.2) is 5.82 Å². The fourth-order valence-electron chi connectivity index (χ4n) is 2.28. The Morgan fingerprint density at radius 2 is 2.17 bits per heavy atom. The van der Waals surface area contributed by atoms with Crippen molar-refractivity contribution < 1.29 is 13.9 Å².